The van der Waals surface area contributed by atoms with E-state index in [0.717, 1.165) is 4.68 Å². The number of nitrogens with zero attached hydrogens (tertiary/aromatic N) is 3. The zero-order valence-electron chi connectivity index (χ0n) is 8.47. The van der Waals surface area contributed by atoms with Gasteiger partial charge in [0.25, 0.3) is 0 Å². The molecule has 0 atom stereocenters. The van der Waals surface area contributed by atoms with E-state index in [2.05, 4.69) is 10.3 Å². The Morgan fingerprint density at radius 2 is 2.29 bits per heavy atom. The molecule has 0 radical (unpaired) electrons. The van der Waals surface area contributed by atoms with Gasteiger partial charge in [-0.25, -0.2) is 9.07 Å². The number of carboxylic acids is 1. The minimum absolute atomic E-state index is 0.0562. The maximum atomic E-state index is 13.7. The van der Waals surface area contributed by atoms with Crippen molar-refractivity contribution in [1.82, 2.24) is 15.0 Å². The normalized spacial score (nSPS) is 10.5. The third-order valence-corrected chi connectivity index (χ3v) is 2.40. The van der Waals surface area contributed by atoms with Crippen LogP contribution in [-0.4, -0.2) is 26.1 Å². The number of rotatable bonds is 3. The molecular formula is C10H7ClFN3O2. The fourth-order valence-electron chi connectivity index (χ4n) is 1.39. The van der Waals surface area contributed by atoms with Gasteiger partial charge in [0.1, 0.15) is 5.69 Å². The van der Waals surface area contributed by atoms with Crippen molar-refractivity contribution in [2.75, 3.05) is 0 Å². The predicted molar refractivity (Wildman–Crippen MR) is 57.7 cm³/mol. The second-order valence-corrected chi connectivity index (χ2v) is 3.69. The van der Waals surface area contributed by atoms with Crippen molar-refractivity contribution in [1.29, 1.82) is 0 Å². The Morgan fingerprint density at radius 1 is 1.53 bits per heavy atom. The SMILES string of the molecule is O=C(O)Cc1cnnn1-c1cccc(Cl)c1F. The van der Waals surface area contributed by atoms with Crippen molar-refractivity contribution in [2.45, 2.75) is 6.42 Å². The third kappa shape index (κ3) is 2.26. The highest BCUT2D eigenvalue weighted by Crippen LogP contribution is 2.21. The first-order valence-electron chi connectivity index (χ1n) is 4.65. The molecule has 1 aromatic carbocycles. The molecule has 0 amide bonds. The molecule has 0 aliphatic heterocycles. The van der Waals surface area contributed by atoms with Crippen molar-refractivity contribution < 1.29 is 14.3 Å². The summed E-state index contributed by atoms with van der Waals surface area (Å²) in [5.74, 6) is -1.71. The summed E-state index contributed by atoms with van der Waals surface area (Å²) in [6, 6.07) is 4.39. The molecule has 5 nitrogen and oxygen atoms in total. The summed E-state index contributed by atoms with van der Waals surface area (Å²) in [6.07, 6.45) is 0.980. The summed E-state index contributed by atoms with van der Waals surface area (Å²) in [6.45, 7) is 0. The fourth-order valence-corrected chi connectivity index (χ4v) is 1.56. The van der Waals surface area contributed by atoms with Crippen LogP contribution in [0.25, 0.3) is 5.69 Å². The molecule has 0 unspecified atom stereocenters. The minimum atomic E-state index is -1.05. The monoisotopic (exact) mass is 255 g/mol. The van der Waals surface area contributed by atoms with Crippen LogP contribution in [0.1, 0.15) is 5.69 Å². The molecule has 2 aromatic rings. The predicted octanol–water partition coefficient (Wildman–Crippen LogP) is 1.69. The first-order valence-corrected chi connectivity index (χ1v) is 5.03. The summed E-state index contributed by atoms with van der Waals surface area (Å²) in [7, 11) is 0. The molecule has 0 aliphatic carbocycles. The van der Waals surface area contributed by atoms with Crippen LogP contribution in [0.3, 0.4) is 0 Å². The maximum absolute atomic E-state index is 13.7. The summed E-state index contributed by atoms with van der Waals surface area (Å²) >= 11 is 5.64. The van der Waals surface area contributed by atoms with E-state index in [4.69, 9.17) is 16.7 Å². The molecule has 0 fully saturated rings. The Kier molecular flexibility index (Phi) is 3.06. The van der Waals surface area contributed by atoms with Crippen molar-refractivity contribution in [3.8, 4) is 5.69 Å². The molecule has 1 aromatic heterocycles. The first-order chi connectivity index (χ1) is 8.09. The van der Waals surface area contributed by atoms with Gasteiger partial charge in [-0.15, -0.1) is 5.10 Å². The van der Waals surface area contributed by atoms with Crippen LogP contribution in [0.4, 0.5) is 4.39 Å². The number of hydrogen-bond acceptors (Lipinski definition) is 3. The van der Waals surface area contributed by atoms with Crippen LogP contribution >= 0.6 is 11.6 Å². The van der Waals surface area contributed by atoms with Gasteiger partial charge in [0, 0.05) is 0 Å². The van der Waals surface area contributed by atoms with Crippen LogP contribution in [-0.2, 0) is 11.2 Å². The van der Waals surface area contributed by atoms with Crippen molar-refractivity contribution in [3.63, 3.8) is 0 Å². The minimum Gasteiger partial charge on any atom is -0.481 e. The summed E-state index contributed by atoms with van der Waals surface area (Å²) in [4.78, 5) is 10.6. The lowest BCUT2D eigenvalue weighted by molar-refractivity contribution is -0.136. The largest absolute Gasteiger partial charge is 0.481 e. The Bertz CT molecular complexity index is 570. The summed E-state index contributed by atoms with van der Waals surface area (Å²) in [5.41, 5.74) is 0.352. The van der Waals surface area contributed by atoms with Gasteiger partial charge >= 0.3 is 5.97 Å². The summed E-state index contributed by atoms with van der Waals surface area (Å²) < 4.78 is 14.8. The standard InChI is InChI=1S/C10H7ClFN3O2/c11-7-2-1-3-8(10(7)12)15-6(4-9(16)17)5-13-14-15/h1-3,5H,4H2,(H,16,17). The quantitative estimate of drug-likeness (QED) is 0.906. The molecular weight excluding hydrogens is 249 g/mol. The van der Waals surface area contributed by atoms with Crippen LogP contribution in [0.2, 0.25) is 5.02 Å². The molecule has 17 heavy (non-hydrogen) atoms. The Balaban J connectivity index is 2.50. The van der Waals surface area contributed by atoms with Crippen LogP contribution in [0.15, 0.2) is 24.4 Å². The van der Waals surface area contributed by atoms with Gasteiger partial charge in [0.15, 0.2) is 5.82 Å². The second-order valence-electron chi connectivity index (χ2n) is 3.28. The number of halogens is 2. The lowest BCUT2D eigenvalue weighted by atomic mass is 10.2. The molecule has 88 valence electrons. The molecule has 1 heterocycles. The molecule has 0 aliphatic rings. The van der Waals surface area contributed by atoms with Gasteiger partial charge in [-0.1, -0.05) is 22.9 Å². The van der Waals surface area contributed by atoms with Gasteiger partial charge in [-0.3, -0.25) is 4.79 Å². The van der Waals surface area contributed by atoms with E-state index in [1.807, 2.05) is 0 Å². The molecule has 0 spiro atoms. The van der Waals surface area contributed by atoms with Crippen LogP contribution in [0.5, 0.6) is 0 Å². The molecule has 1 N–H and O–H groups in total. The number of benzene rings is 1. The fraction of sp³-hybridized carbons (Fsp3) is 0.100. The maximum Gasteiger partial charge on any atom is 0.309 e. The smallest absolute Gasteiger partial charge is 0.309 e. The van der Waals surface area contributed by atoms with E-state index in [1.165, 1.54) is 18.3 Å². The highest BCUT2D eigenvalue weighted by Gasteiger charge is 2.14. The molecule has 0 bridgehead atoms. The average Bonchev–Trinajstić information content (AvgIpc) is 2.69. The van der Waals surface area contributed by atoms with E-state index in [1.54, 1.807) is 6.07 Å². The Morgan fingerprint density at radius 3 is 3.00 bits per heavy atom. The number of carboxylic acid groups (broad SMARTS) is 1. The van der Waals surface area contributed by atoms with Crippen molar-refractivity contribution in [3.05, 3.63) is 40.9 Å². The first kappa shape index (κ1) is 11.5. The Labute approximate surface area is 100 Å². The second kappa shape index (κ2) is 4.50. The van der Waals surface area contributed by atoms with Gasteiger partial charge in [0.05, 0.1) is 23.3 Å². The summed E-state index contributed by atoms with van der Waals surface area (Å²) in [5, 5.41) is 15.8. The topological polar surface area (TPSA) is 68.0 Å². The van der Waals surface area contributed by atoms with E-state index in [0.29, 0.717) is 0 Å². The lowest BCUT2D eigenvalue weighted by Gasteiger charge is -2.06. The van der Waals surface area contributed by atoms with Crippen molar-refractivity contribution >= 4 is 17.6 Å². The number of hydrogen-bond donors (Lipinski definition) is 1. The van der Waals surface area contributed by atoms with Gasteiger partial charge in [-0.2, -0.15) is 0 Å². The lowest BCUT2D eigenvalue weighted by Crippen LogP contribution is -2.09. The highest BCUT2D eigenvalue weighted by atomic mass is 35.5. The molecule has 7 heteroatoms. The van der Waals surface area contributed by atoms with Gasteiger partial charge in [-0.05, 0) is 12.1 Å². The zero-order chi connectivity index (χ0) is 12.4. The Hall–Kier alpha value is -1.95. The van der Waals surface area contributed by atoms with Gasteiger partial charge in [0.2, 0.25) is 0 Å². The highest BCUT2D eigenvalue weighted by molar-refractivity contribution is 6.30. The van der Waals surface area contributed by atoms with E-state index >= 15 is 0 Å². The molecule has 2 rings (SSSR count). The van der Waals surface area contributed by atoms with Crippen LogP contribution < -0.4 is 0 Å². The van der Waals surface area contributed by atoms with E-state index < -0.39 is 11.8 Å². The number of aliphatic carboxylic acids is 1. The van der Waals surface area contributed by atoms with Crippen molar-refractivity contribution in [2.24, 2.45) is 0 Å². The molecule has 0 saturated heterocycles. The number of carbonyl (C=O) groups is 1. The number of aromatic nitrogens is 3. The molecule has 0 saturated carbocycles. The average molecular weight is 256 g/mol. The van der Waals surface area contributed by atoms with Crippen LogP contribution in [0, 0.1) is 5.82 Å². The van der Waals surface area contributed by atoms with E-state index in [-0.39, 0.29) is 22.8 Å². The zero-order valence-corrected chi connectivity index (χ0v) is 9.23. The van der Waals surface area contributed by atoms with Gasteiger partial charge < -0.3 is 5.11 Å². The third-order valence-electron chi connectivity index (χ3n) is 2.11. The van der Waals surface area contributed by atoms with E-state index in [9.17, 15) is 9.18 Å².